The summed E-state index contributed by atoms with van der Waals surface area (Å²) in [5.74, 6) is 1.74. The maximum atomic E-state index is 7.00. The smallest absolute Gasteiger partial charge is 0.166 e. The Balaban J connectivity index is 1.04. The Bertz CT molecular complexity index is 4580. The maximum Gasteiger partial charge on any atom is 0.166 e. The first kappa shape index (κ1) is 37.3. The van der Waals surface area contributed by atoms with Crippen LogP contribution >= 0.6 is 11.3 Å². The van der Waals surface area contributed by atoms with E-state index in [0.717, 1.165) is 99.0 Å². The molecule has 15 aromatic rings. The van der Waals surface area contributed by atoms with Crippen LogP contribution in [0.2, 0.25) is 0 Å². The molecule has 10 aromatic carbocycles. The summed E-state index contributed by atoms with van der Waals surface area (Å²) in [6.07, 6.45) is 0. The zero-order chi connectivity index (χ0) is 44.5. The number of rotatable bonds is 5. The van der Waals surface area contributed by atoms with Crippen molar-refractivity contribution in [1.82, 2.24) is 24.1 Å². The van der Waals surface area contributed by atoms with Crippen molar-refractivity contribution in [3.05, 3.63) is 212 Å². The highest BCUT2D eigenvalue weighted by Gasteiger charge is 2.25. The van der Waals surface area contributed by atoms with Crippen molar-refractivity contribution in [2.75, 3.05) is 0 Å². The molecule has 0 aliphatic carbocycles. The van der Waals surface area contributed by atoms with Gasteiger partial charge < -0.3 is 13.6 Å². The molecule has 0 radical (unpaired) electrons. The van der Waals surface area contributed by atoms with Crippen LogP contribution in [-0.2, 0) is 0 Å². The molecule has 0 spiro atoms. The zero-order valence-corrected chi connectivity index (χ0v) is 37.1. The van der Waals surface area contributed by atoms with E-state index in [-0.39, 0.29) is 0 Å². The number of fused-ring (bicyclic) bond motifs is 13. The molecule has 0 unspecified atom stereocenters. The normalized spacial score (nSPS) is 12.1. The molecule has 0 fully saturated rings. The molecule has 7 heteroatoms. The molecule has 0 aliphatic heterocycles. The van der Waals surface area contributed by atoms with Crippen LogP contribution in [0.1, 0.15) is 0 Å². The van der Waals surface area contributed by atoms with E-state index in [9.17, 15) is 0 Å². The topological polar surface area (TPSA) is 61.7 Å². The third kappa shape index (κ3) is 5.48. The Kier molecular flexibility index (Phi) is 7.85. The third-order valence-corrected chi connectivity index (χ3v) is 14.9. The van der Waals surface area contributed by atoms with Crippen molar-refractivity contribution >= 4 is 108 Å². The Morgan fingerprint density at radius 3 is 1.74 bits per heavy atom. The standard InChI is InChI=1S/C61H35N5OS/c1-2-16-40(17-3-1)65-50-22-10-6-18-41(50)48-33-38(27-31-52(48)65)59-62-60(39-26-28-45-44-21-9-13-25-55(44)68-56(45)35-39)64-61(63-59)47-30-29-46-43-20-8-12-24-54(43)67-58(46)57(47)66-51-23-11-7-19-42(51)49-32-36-14-4-5-15-37(36)34-53(49)66/h1-35H. The molecule has 6 nitrogen and oxygen atoms in total. The number of aromatic nitrogens is 5. The molecule has 5 aromatic heterocycles. The average molecular weight is 886 g/mol. The highest BCUT2D eigenvalue weighted by molar-refractivity contribution is 7.25. The Labute approximate surface area is 392 Å². The van der Waals surface area contributed by atoms with Crippen LogP contribution in [0.4, 0.5) is 0 Å². The summed E-state index contributed by atoms with van der Waals surface area (Å²) >= 11 is 1.79. The molecule has 0 N–H and O–H groups in total. The Morgan fingerprint density at radius 1 is 0.353 bits per heavy atom. The van der Waals surface area contributed by atoms with Gasteiger partial charge in [0.05, 0.1) is 22.1 Å². The van der Waals surface area contributed by atoms with E-state index in [0.29, 0.717) is 17.5 Å². The molecule has 0 saturated heterocycles. The van der Waals surface area contributed by atoms with E-state index in [4.69, 9.17) is 19.4 Å². The van der Waals surface area contributed by atoms with E-state index in [1.54, 1.807) is 11.3 Å². The zero-order valence-electron chi connectivity index (χ0n) is 36.3. The van der Waals surface area contributed by atoms with Crippen molar-refractivity contribution in [1.29, 1.82) is 0 Å². The summed E-state index contributed by atoms with van der Waals surface area (Å²) in [6, 6.07) is 75.5. The minimum Gasteiger partial charge on any atom is -0.454 e. The van der Waals surface area contributed by atoms with Crippen molar-refractivity contribution in [2.45, 2.75) is 0 Å². The summed E-state index contributed by atoms with van der Waals surface area (Å²) in [5.41, 5.74) is 10.6. The lowest BCUT2D eigenvalue weighted by atomic mass is 10.0. The first-order chi connectivity index (χ1) is 33.7. The quantitative estimate of drug-likeness (QED) is 0.173. The predicted molar refractivity (Wildman–Crippen MR) is 282 cm³/mol. The highest BCUT2D eigenvalue weighted by Crippen LogP contribution is 2.44. The second-order valence-electron chi connectivity index (χ2n) is 17.5. The number of furan rings is 1. The van der Waals surface area contributed by atoms with Crippen LogP contribution in [0.25, 0.3) is 142 Å². The molecule has 0 saturated carbocycles. The van der Waals surface area contributed by atoms with Crippen LogP contribution in [0.15, 0.2) is 217 Å². The van der Waals surface area contributed by atoms with Gasteiger partial charge in [-0.15, -0.1) is 11.3 Å². The van der Waals surface area contributed by atoms with Gasteiger partial charge >= 0.3 is 0 Å². The third-order valence-electron chi connectivity index (χ3n) is 13.7. The van der Waals surface area contributed by atoms with Gasteiger partial charge in [-0.2, -0.15) is 0 Å². The molecule has 0 amide bonds. The Morgan fingerprint density at radius 2 is 0.926 bits per heavy atom. The molecule has 316 valence electrons. The summed E-state index contributed by atoms with van der Waals surface area (Å²) in [4.78, 5) is 16.4. The number of thiophene rings is 1. The van der Waals surface area contributed by atoms with Gasteiger partial charge in [-0.05, 0) is 95.7 Å². The van der Waals surface area contributed by atoms with E-state index in [1.165, 1.54) is 25.6 Å². The Hall–Kier alpha value is -8.91. The van der Waals surface area contributed by atoms with Crippen molar-refractivity contribution in [3.8, 4) is 45.5 Å². The minimum atomic E-state index is 0.553. The maximum absolute atomic E-state index is 7.00. The van der Waals surface area contributed by atoms with E-state index < -0.39 is 0 Å². The summed E-state index contributed by atoms with van der Waals surface area (Å²) in [7, 11) is 0. The minimum absolute atomic E-state index is 0.553. The summed E-state index contributed by atoms with van der Waals surface area (Å²) < 4.78 is 14.1. The molecule has 0 atom stereocenters. The van der Waals surface area contributed by atoms with Gasteiger partial charge in [0.1, 0.15) is 11.3 Å². The lowest BCUT2D eigenvalue weighted by Gasteiger charge is -2.15. The molecule has 68 heavy (non-hydrogen) atoms. The molecular weight excluding hydrogens is 851 g/mol. The van der Waals surface area contributed by atoms with Crippen molar-refractivity contribution in [3.63, 3.8) is 0 Å². The van der Waals surface area contributed by atoms with Crippen LogP contribution in [0.5, 0.6) is 0 Å². The number of benzene rings is 10. The monoisotopic (exact) mass is 885 g/mol. The van der Waals surface area contributed by atoms with Gasteiger partial charge in [-0.1, -0.05) is 127 Å². The molecule has 0 aliphatic rings. The van der Waals surface area contributed by atoms with Crippen LogP contribution in [-0.4, -0.2) is 24.1 Å². The number of hydrogen-bond acceptors (Lipinski definition) is 5. The van der Waals surface area contributed by atoms with Gasteiger partial charge in [0.15, 0.2) is 23.1 Å². The van der Waals surface area contributed by atoms with Gasteiger partial charge in [-0.3, -0.25) is 0 Å². The number of nitrogens with zero attached hydrogens (tertiary/aromatic N) is 5. The van der Waals surface area contributed by atoms with Crippen LogP contribution in [0, 0.1) is 0 Å². The fourth-order valence-electron chi connectivity index (χ4n) is 10.7. The summed E-state index contributed by atoms with van der Waals surface area (Å²) in [6.45, 7) is 0. The second kappa shape index (κ2) is 14.3. The summed E-state index contributed by atoms with van der Waals surface area (Å²) in [5, 5.41) is 11.5. The molecule has 0 bridgehead atoms. The van der Waals surface area contributed by atoms with Gasteiger partial charge in [-0.25, -0.2) is 15.0 Å². The lowest BCUT2D eigenvalue weighted by Crippen LogP contribution is -2.04. The molecule has 15 rings (SSSR count). The van der Waals surface area contributed by atoms with Crippen molar-refractivity contribution < 1.29 is 4.42 Å². The lowest BCUT2D eigenvalue weighted by molar-refractivity contribution is 0.666. The van der Waals surface area contributed by atoms with E-state index in [1.807, 2.05) is 12.1 Å². The van der Waals surface area contributed by atoms with E-state index >= 15 is 0 Å². The van der Waals surface area contributed by atoms with Gasteiger partial charge in [0.25, 0.3) is 0 Å². The fourth-order valence-corrected chi connectivity index (χ4v) is 11.8. The van der Waals surface area contributed by atoms with E-state index in [2.05, 4.69) is 209 Å². The predicted octanol–water partition coefficient (Wildman–Crippen LogP) is 16.5. The fraction of sp³-hybridized carbons (Fsp3) is 0. The SMILES string of the molecule is c1ccc(-n2c3ccccc3c3cc(-c4nc(-c5ccc6c(c5)sc5ccccc56)nc(-c5ccc6c(oc7ccccc76)c5-n5c6ccccc6c6cc7ccccc7cc65)n4)ccc32)cc1. The molecular formula is C61H35N5OS. The average Bonchev–Trinajstić information content (AvgIpc) is 4.15. The second-order valence-corrected chi connectivity index (χ2v) is 18.6. The highest BCUT2D eigenvalue weighted by atomic mass is 32.1. The van der Waals surface area contributed by atoms with Crippen LogP contribution < -0.4 is 0 Å². The van der Waals surface area contributed by atoms with Crippen LogP contribution in [0.3, 0.4) is 0 Å². The largest absolute Gasteiger partial charge is 0.454 e. The number of hydrogen-bond donors (Lipinski definition) is 0. The molecule has 5 heterocycles. The van der Waals surface area contributed by atoms with Crippen molar-refractivity contribution in [2.24, 2.45) is 0 Å². The first-order valence-electron chi connectivity index (χ1n) is 22.8. The van der Waals surface area contributed by atoms with Gasteiger partial charge in [0.2, 0.25) is 0 Å². The first-order valence-corrected chi connectivity index (χ1v) is 23.7. The van der Waals surface area contributed by atoms with Gasteiger partial charge in [0, 0.05) is 74.9 Å². The number of para-hydroxylation sites is 4.